The number of thiazole rings is 1. The lowest BCUT2D eigenvalue weighted by Gasteiger charge is -2.24. The van der Waals surface area contributed by atoms with Gasteiger partial charge < -0.3 is 10.2 Å². The zero-order valence-electron chi connectivity index (χ0n) is 16.4. The number of nitrogens with one attached hydrogen (secondary N) is 2. The summed E-state index contributed by atoms with van der Waals surface area (Å²) in [6.07, 6.45) is 3.79. The van der Waals surface area contributed by atoms with E-state index < -0.39 is 10.0 Å². The van der Waals surface area contributed by atoms with Crippen LogP contribution in [-0.2, 0) is 21.4 Å². The number of hydrogen-bond donors (Lipinski definition) is 2. The molecule has 2 aromatic rings. The van der Waals surface area contributed by atoms with Crippen LogP contribution in [0.5, 0.6) is 0 Å². The number of sulfonamides is 1. The number of carbonyl (C=O) groups is 2. The summed E-state index contributed by atoms with van der Waals surface area (Å²) in [7, 11) is -2.50. The third kappa shape index (κ3) is 3.67. The second-order valence-electron chi connectivity index (χ2n) is 7.44. The number of fused-ring (bicyclic) bond motifs is 1. The molecule has 0 bridgehead atoms. The summed E-state index contributed by atoms with van der Waals surface area (Å²) in [6.45, 7) is 3.82. The monoisotopic (exact) mass is 434 g/mol. The van der Waals surface area contributed by atoms with Crippen LogP contribution in [0.2, 0.25) is 0 Å². The molecule has 1 aromatic carbocycles. The van der Waals surface area contributed by atoms with Gasteiger partial charge in [-0.3, -0.25) is 9.59 Å². The molecule has 29 heavy (non-hydrogen) atoms. The predicted molar refractivity (Wildman–Crippen MR) is 110 cm³/mol. The molecule has 0 unspecified atom stereocenters. The highest BCUT2D eigenvalue weighted by molar-refractivity contribution is 7.89. The fourth-order valence-corrected chi connectivity index (χ4v) is 5.52. The average molecular weight is 435 g/mol. The SMILES string of the molecule is CNS(=O)(=O)c1cc(-c2cnc(NC(C)=O)s2)cc2c1C(=O)N([C@@H](C)C1CC1)C2. The molecule has 2 amide bonds. The Morgan fingerprint density at radius 2 is 2.07 bits per heavy atom. The minimum absolute atomic E-state index is 0.0162. The van der Waals surface area contributed by atoms with Gasteiger partial charge in [0.1, 0.15) is 0 Å². The van der Waals surface area contributed by atoms with E-state index in [-0.39, 0.29) is 28.3 Å². The van der Waals surface area contributed by atoms with Crippen LogP contribution in [0.1, 0.15) is 42.6 Å². The lowest BCUT2D eigenvalue weighted by atomic mass is 10.1. The van der Waals surface area contributed by atoms with E-state index in [1.165, 1.54) is 31.4 Å². The van der Waals surface area contributed by atoms with Gasteiger partial charge in [0.2, 0.25) is 15.9 Å². The fraction of sp³-hybridized carbons (Fsp3) is 0.421. The van der Waals surface area contributed by atoms with Crippen molar-refractivity contribution < 1.29 is 18.0 Å². The van der Waals surface area contributed by atoms with E-state index in [9.17, 15) is 18.0 Å². The van der Waals surface area contributed by atoms with Gasteiger partial charge in [0.05, 0.1) is 15.3 Å². The summed E-state index contributed by atoms with van der Waals surface area (Å²) in [6, 6.07) is 3.45. The maximum Gasteiger partial charge on any atom is 0.256 e. The number of aromatic nitrogens is 1. The molecule has 2 heterocycles. The highest BCUT2D eigenvalue weighted by Crippen LogP contribution is 2.41. The van der Waals surface area contributed by atoms with Crippen LogP contribution in [0.4, 0.5) is 5.13 Å². The highest BCUT2D eigenvalue weighted by atomic mass is 32.2. The third-order valence-corrected chi connectivity index (χ3v) is 7.83. The summed E-state index contributed by atoms with van der Waals surface area (Å²) in [5.74, 6) is 0.0235. The van der Waals surface area contributed by atoms with E-state index >= 15 is 0 Å². The Balaban J connectivity index is 1.80. The van der Waals surface area contributed by atoms with Crippen molar-refractivity contribution in [3.8, 4) is 10.4 Å². The van der Waals surface area contributed by atoms with Crippen molar-refractivity contribution in [2.75, 3.05) is 12.4 Å². The largest absolute Gasteiger partial charge is 0.331 e. The quantitative estimate of drug-likeness (QED) is 0.726. The molecule has 1 aliphatic heterocycles. The maximum absolute atomic E-state index is 13.1. The summed E-state index contributed by atoms with van der Waals surface area (Å²) < 4.78 is 27.8. The molecule has 0 saturated heterocycles. The summed E-state index contributed by atoms with van der Waals surface area (Å²) in [5, 5.41) is 3.06. The first-order chi connectivity index (χ1) is 13.7. The van der Waals surface area contributed by atoms with Crippen LogP contribution in [0.15, 0.2) is 23.2 Å². The molecule has 10 heteroatoms. The number of rotatable bonds is 6. The zero-order valence-corrected chi connectivity index (χ0v) is 18.0. The van der Waals surface area contributed by atoms with Crippen LogP contribution in [0.25, 0.3) is 10.4 Å². The lowest BCUT2D eigenvalue weighted by Crippen LogP contribution is -2.35. The minimum atomic E-state index is -3.84. The summed E-state index contributed by atoms with van der Waals surface area (Å²) in [4.78, 5) is 31.0. The molecule has 2 N–H and O–H groups in total. The van der Waals surface area contributed by atoms with Gasteiger partial charge in [-0.2, -0.15) is 0 Å². The molecule has 2 aliphatic rings. The van der Waals surface area contributed by atoms with E-state index in [4.69, 9.17) is 0 Å². The molecule has 154 valence electrons. The van der Waals surface area contributed by atoms with E-state index in [2.05, 4.69) is 15.0 Å². The Morgan fingerprint density at radius 1 is 1.34 bits per heavy atom. The molecular weight excluding hydrogens is 412 g/mol. The van der Waals surface area contributed by atoms with Crippen molar-refractivity contribution in [3.05, 3.63) is 29.5 Å². The molecule has 0 radical (unpaired) electrons. The first-order valence-electron chi connectivity index (χ1n) is 9.36. The molecule has 1 aromatic heterocycles. The standard InChI is InChI=1S/C19H22N4O4S2/c1-10(12-4-5-12)23-9-14-6-13(15-8-21-19(28-15)22-11(2)24)7-16(17(14)18(23)25)29(26,27)20-3/h6-8,10,12,20H,4-5,9H2,1-3H3,(H,21,22,24)/t10-/m0/s1. The highest BCUT2D eigenvalue weighted by Gasteiger charge is 2.41. The second kappa shape index (κ2) is 7.19. The van der Waals surface area contributed by atoms with Crippen LogP contribution in [0.3, 0.4) is 0 Å². The predicted octanol–water partition coefficient (Wildman–Crippen LogP) is 2.43. The number of benzene rings is 1. The van der Waals surface area contributed by atoms with Crippen molar-refractivity contribution >= 4 is 38.3 Å². The lowest BCUT2D eigenvalue weighted by molar-refractivity contribution is -0.114. The van der Waals surface area contributed by atoms with Crippen molar-refractivity contribution in [1.82, 2.24) is 14.6 Å². The molecule has 0 spiro atoms. The van der Waals surface area contributed by atoms with Crippen LogP contribution < -0.4 is 10.0 Å². The Bertz CT molecular complexity index is 1110. The van der Waals surface area contributed by atoms with Gasteiger partial charge in [0.15, 0.2) is 5.13 Å². The van der Waals surface area contributed by atoms with Gasteiger partial charge in [0.25, 0.3) is 5.91 Å². The Morgan fingerprint density at radius 3 is 2.69 bits per heavy atom. The Labute approximate surface area is 173 Å². The molecule has 1 fully saturated rings. The van der Waals surface area contributed by atoms with Crippen LogP contribution in [-0.4, -0.2) is 43.2 Å². The van der Waals surface area contributed by atoms with Gasteiger partial charge in [-0.1, -0.05) is 11.3 Å². The summed E-state index contributed by atoms with van der Waals surface area (Å²) in [5.41, 5.74) is 1.60. The van der Waals surface area contributed by atoms with Gasteiger partial charge in [-0.05, 0) is 56.0 Å². The van der Waals surface area contributed by atoms with Crippen molar-refractivity contribution in [2.24, 2.45) is 5.92 Å². The van der Waals surface area contributed by atoms with E-state index in [1.54, 1.807) is 11.1 Å². The van der Waals surface area contributed by atoms with Crippen LogP contribution >= 0.6 is 11.3 Å². The smallest absolute Gasteiger partial charge is 0.256 e. The molecule has 1 aliphatic carbocycles. The maximum atomic E-state index is 13.1. The van der Waals surface area contributed by atoms with Crippen LogP contribution in [0, 0.1) is 5.92 Å². The first kappa shape index (κ1) is 20.0. The normalized spacial score (nSPS) is 17.3. The van der Waals surface area contributed by atoms with Gasteiger partial charge in [-0.15, -0.1) is 0 Å². The zero-order chi connectivity index (χ0) is 20.9. The topological polar surface area (TPSA) is 108 Å². The van der Waals surface area contributed by atoms with Crippen molar-refractivity contribution in [2.45, 2.75) is 44.2 Å². The first-order valence-corrected chi connectivity index (χ1v) is 11.7. The molecule has 4 rings (SSSR count). The number of nitrogens with zero attached hydrogens (tertiary/aromatic N) is 2. The Hall–Kier alpha value is -2.30. The second-order valence-corrected chi connectivity index (χ2v) is 10.3. The van der Waals surface area contributed by atoms with E-state index in [1.807, 2.05) is 13.0 Å². The van der Waals surface area contributed by atoms with E-state index in [0.29, 0.717) is 33.6 Å². The number of carbonyl (C=O) groups excluding carboxylic acids is 2. The average Bonchev–Trinajstić information content (AvgIpc) is 3.34. The van der Waals surface area contributed by atoms with Gasteiger partial charge in [0, 0.05) is 25.7 Å². The molecule has 8 nitrogen and oxygen atoms in total. The number of hydrogen-bond acceptors (Lipinski definition) is 6. The van der Waals surface area contributed by atoms with Crippen molar-refractivity contribution in [1.29, 1.82) is 0 Å². The van der Waals surface area contributed by atoms with Crippen molar-refractivity contribution in [3.63, 3.8) is 0 Å². The molecule has 1 saturated carbocycles. The molecule has 1 atom stereocenters. The fourth-order valence-electron chi connectivity index (χ4n) is 3.68. The number of anilines is 1. The molecular formula is C19H22N4O4S2. The summed E-state index contributed by atoms with van der Waals surface area (Å²) >= 11 is 1.25. The Kier molecular flexibility index (Phi) is 4.96. The van der Waals surface area contributed by atoms with Gasteiger partial charge >= 0.3 is 0 Å². The van der Waals surface area contributed by atoms with E-state index in [0.717, 1.165) is 12.8 Å². The van der Waals surface area contributed by atoms with Gasteiger partial charge in [-0.25, -0.2) is 18.1 Å². The third-order valence-electron chi connectivity index (χ3n) is 5.43. The number of amides is 2. The minimum Gasteiger partial charge on any atom is -0.331 e.